The van der Waals surface area contributed by atoms with Gasteiger partial charge in [0.25, 0.3) is 5.91 Å². The molecule has 0 aliphatic rings. The number of carbonyl (C=O) groups excluding carboxylic acids is 1. The number of pyridine rings is 3. The number of aromatic nitrogens is 3. The Morgan fingerprint density at radius 3 is 2.21 bits per heavy atom. The zero-order valence-corrected chi connectivity index (χ0v) is 17.9. The van der Waals surface area contributed by atoms with Crippen LogP contribution in [0.1, 0.15) is 10.5 Å². The SMILES string of the molecule is O=C(Nc1ccc(Nc2ccncc2)cc1)c1ccc(Nc2ccnc3ccc(F)cc23)cn1. The summed E-state index contributed by atoms with van der Waals surface area (Å²) in [6.07, 6.45) is 6.63. The van der Waals surface area contributed by atoms with Crippen LogP contribution in [0.5, 0.6) is 0 Å². The Balaban J connectivity index is 1.24. The fourth-order valence-corrected chi connectivity index (χ4v) is 3.42. The number of halogens is 1. The highest BCUT2D eigenvalue weighted by atomic mass is 19.1. The molecular weight excluding hydrogens is 431 g/mol. The number of fused-ring (bicyclic) bond motifs is 1. The van der Waals surface area contributed by atoms with Gasteiger partial charge in [-0.25, -0.2) is 9.37 Å². The van der Waals surface area contributed by atoms with Crippen molar-refractivity contribution >= 4 is 45.2 Å². The number of rotatable bonds is 6. The molecule has 166 valence electrons. The standard InChI is InChI=1S/C26H19FN6O/c27-17-1-7-23-22(15-17)24(11-14-29-23)32-21-6-8-25(30-16-21)26(34)33-19-4-2-18(3-5-19)31-20-9-12-28-13-10-20/h1-16H,(H,28,31)(H,29,32)(H,33,34). The third kappa shape index (κ3) is 4.81. The Hall–Kier alpha value is -4.85. The van der Waals surface area contributed by atoms with Crippen molar-refractivity contribution in [1.82, 2.24) is 15.0 Å². The number of amides is 1. The fourth-order valence-electron chi connectivity index (χ4n) is 3.42. The Morgan fingerprint density at radius 1 is 0.706 bits per heavy atom. The summed E-state index contributed by atoms with van der Waals surface area (Å²) in [5.74, 6) is -0.660. The normalized spacial score (nSPS) is 10.6. The fraction of sp³-hybridized carbons (Fsp3) is 0. The summed E-state index contributed by atoms with van der Waals surface area (Å²) in [6, 6.07) is 20.7. The average molecular weight is 450 g/mol. The molecule has 2 aromatic carbocycles. The summed E-state index contributed by atoms with van der Waals surface area (Å²) in [6.45, 7) is 0. The van der Waals surface area contributed by atoms with E-state index in [4.69, 9.17) is 0 Å². The lowest BCUT2D eigenvalue weighted by Gasteiger charge is -2.10. The number of benzene rings is 2. The average Bonchev–Trinajstić information content (AvgIpc) is 2.87. The number of nitrogens with one attached hydrogen (secondary N) is 3. The topological polar surface area (TPSA) is 91.8 Å². The minimum Gasteiger partial charge on any atom is -0.355 e. The molecule has 8 heteroatoms. The van der Waals surface area contributed by atoms with Crippen molar-refractivity contribution in [1.29, 1.82) is 0 Å². The number of carbonyl (C=O) groups is 1. The first-order valence-electron chi connectivity index (χ1n) is 10.5. The molecule has 0 saturated heterocycles. The zero-order valence-electron chi connectivity index (χ0n) is 17.9. The molecular formula is C26H19FN6O. The summed E-state index contributed by atoms with van der Waals surface area (Å²) < 4.78 is 13.7. The van der Waals surface area contributed by atoms with Crippen LogP contribution in [0.4, 0.5) is 32.8 Å². The number of hydrogen-bond acceptors (Lipinski definition) is 6. The van der Waals surface area contributed by atoms with Crippen LogP contribution in [-0.2, 0) is 0 Å². The first-order chi connectivity index (χ1) is 16.6. The quantitative estimate of drug-likeness (QED) is 0.298. The molecule has 3 heterocycles. The van der Waals surface area contributed by atoms with E-state index >= 15 is 0 Å². The van der Waals surface area contributed by atoms with Crippen molar-refractivity contribution in [2.45, 2.75) is 0 Å². The van der Waals surface area contributed by atoms with Crippen LogP contribution in [0, 0.1) is 5.82 Å². The van der Waals surface area contributed by atoms with Crippen molar-refractivity contribution < 1.29 is 9.18 Å². The van der Waals surface area contributed by atoms with Gasteiger partial charge in [0.1, 0.15) is 11.5 Å². The minimum atomic E-state index is -0.338. The first-order valence-corrected chi connectivity index (χ1v) is 10.5. The Morgan fingerprint density at radius 2 is 1.44 bits per heavy atom. The molecule has 0 saturated carbocycles. The molecule has 0 aliphatic heterocycles. The summed E-state index contributed by atoms with van der Waals surface area (Å²) in [4.78, 5) is 25.1. The van der Waals surface area contributed by atoms with Gasteiger partial charge in [0.2, 0.25) is 0 Å². The highest BCUT2D eigenvalue weighted by molar-refractivity contribution is 6.03. The minimum absolute atomic E-state index is 0.273. The van der Waals surface area contributed by atoms with E-state index in [-0.39, 0.29) is 17.4 Å². The molecule has 34 heavy (non-hydrogen) atoms. The van der Waals surface area contributed by atoms with Gasteiger partial charge < -0.3 is 16.0 Å². The highest BCUT2D eigenvalue weighted by Crippen LogP contribution is 2.26. The van der Waals surface area contributed by atoms with Crippen molar-refractivity contribution in [3.8, 4) is 0 Å². The van der Waals surface area contributed by atoms with Crippen LogP contribution in [0.3, 0.4) is 0 Å². The third-order valence-corrected chi connectivity index (χ3v) is 5.09. The maximum Gasteiger partial charge on any atom is 0.274 e. The summed E-state index contributed by atoms with van der Waals surface area (Å²) in [5.41, 5.74) is 4.78. The second kappa shape index (κ2) is 9.33. The lowest BCUT2D eigenvalue weighted by molar-refractivity contribution is 0.102. The maximum absolute atomic E-state index is 13.7. The van der Waals surface area contributed by atoms with Gasteiger partial charge in [-0.05, 0) is 72.8 Å². The Kier molecular flexibility index (Phi) is 5.77. The lowest BCUT2D eigenvalue weighted by atomic mass is 10.2. The van der Waals surface area contributed by atoms with E-state index in [0.717, 1.165) is 11.4 Å². The molecule has 1 amide bonds. The van der Waals surface area contributed by atoms with Gasteiger partial charge in [0, 0.05) is 46.7 Å². The number of anilines is 5. The predicted octanol–water partition coefficient (Wildman–Crippen LogP) is 5.90. The molecule has 0 fully saturated rings. The van der Waals surface area contributed by atoms with Gasteiger partial charge in [-0.2, -0.15) is 0 Å². The molecule has 7 nitrogen and oxygen atoms in total. The molecule has 0 bridgehead atoms. The van der Waals surface area contributed by atoms with E-state index in [0.29, 0.717) is 28.0 Å². The van der Waals surface area contributed by atoms with Crippen LogP contribution in [0.15, 0.2) is 97.6 Å². The summed E-state index contributed by atoms with van der Waals surface area (Å²) in [7, 11) is 0. The van der Waals surface area contributed by atoms with E-state index in [1.54, 1.807) is 49.1 Å². The van der Waals surface area contributed by atoms with Crippen molar-refractivity contribution in [2.24, 2.45) is 0 Å². The Labute approximate surface area is 194 Å². The van der Waals surface area contributed by atoms with Crippen LogP contribution in [0.25, 0.3) is 10.9 Å². The molecule has 0 atom stereocenters. The van der Waals surface area contributed by atoms with Crippen LogP contribution >= 0.6 is 0 Å². The lowest BCUT2D eigenvalue weighted by Crippen LogP contribution is -2.13. The smallest absolute Gasteiger partial charge is 0.274 e. The summed E-state index contributed by atoms with van der Waals surface area (Å²) in [5, 5.41) is 9.96. The van der Waals surface area contributed by atoms with Crippen molar-refractivity contribution in [3.05, 3.63) is 109 Å². The molecule has 3 aromatic heterocycles. The van der Waals surface area contributed by atoms with Crippen molar-refractivity contribution in [2.75, 3.05) is 16.0 Å². The van der Waals surface area contributed by atoms with Crippen molar-refractivity contribution in [3.63, 3.8) is 0 Å². The van der Waals surface area contributed by atoms with Gasteiger partial charge in [0.05, 0.1) is 17.4 Å². The zero-order chi connectivity index (χ0) is 23.3. The Bertz CT molecular complexity index is 1440. The molecule has 0 aliphatic carbocycles. The van der Waals surface area contributed by atoms with E-state index in [9.17, 15) is 9.18 Å². The molecule has 3 N–H and O–H groups in total. The number of hydrogen-bond donors (Lipinski definition) is 3. The summed E-state index contributed by atoms with van der Waals surface area (Å²) >= 11 is 0. The van der Waals surface area contributed by atoms with E-state index in [2.05, 4.69) is 30.9 Å². The monoisotopic (exact) mass is 450 g/mol. The highest BCUT2D eigenvalue weighted by Gasteiger charge is 2.09. The molecule has 0 unspecified atom stereocenters. The van der Waals surface area contributed by atoms with E-state index < -0.39 is 0 Å². The van der Waals surface area contributed by atoms with Gasteiger partial charge in [-0.1, -0.05) is 0 Å². The van der Waals surface area contributed by atoms with Gasteiger partial charge >= 0.3 is 0 Å². The van der Waals surface area contributed by atoms with Gasteiger partial charge in [0.15, 0.2) is 0 Å². The van der Waals surface area contributed by atoms with E-state index in [1.165, 1.54) is 12.1 Å². The van der Waals surface area contributed by atoms with Crippen LogP contribution < -0.4 is 16.0 Å². The van der Waals surface area contributed by atoms with Gasteiger partial charge in [-0.3, -0.25) is 14.8 Å². The van der Waals surface area contributed by atoms with Gasteiger partial charge in [-0.15, -0.1) is 0 Å². The number of nitrogens with zero attached hydrogens (tertiary/aromatic N) is 3. The molecule has 0 spiro atoms. The van der Waals surface area contributed by atoms with E-state index in [1.807, 2.05) is 36.4 Å². The largest absolute Gasteiger partial charge is 0.355 e. The maximum atomic E-state index is 13.7. The van der Waals surface area contributed by atoms with Crippen LogP contribution in [-0.4, -0.2) is 20.9 Å². The molecule has 0 radical (unpaired) electrons. The molecule has 5 aromatic rings. The third-order valence-electron chi connectivity index (χ3n) is 5.09. The second-order valence-corrected chi connectivity index (χ2v) is 7.47. The predicted molar refractivity (Wildman–Crippen MR) is 131 cm³/mol. The molecule has 5 rings (SSSR count). The second-order valence-electron chi connectivity index (χ2n) is 7.47. The first kappa shape index (κ1) is 21.0. The van der Waals surface area contributed by atoms with Crippen LogP contribution in [0.2, 0.25) is 0 Å².